The van der Waals surface area contributed by atoms with Crippen LogP contribution in [0.3, 0.4) is 0 Å². The van der Waals surface area contributed by atoms with Gasteiger partial charge in [0.05, 0.1) is 12.5 Å². The van der Waals surface area contributed by atoms with E-state index in [1.54, 1.807) is 7.11 Å². The topological polar surface area (TPSA) is 21.3 Å². The maximum absolute atomic E-state index is 5.13. The second kappa shape index (κ2) is 4.24. The standard InChI is InChI=1S/C11H15NOS/c1-8-7-12-11(14-8)9-3-5-10(13-2)6-4-9/h3-6,8,11-12H,7H2,1-2H3. The van der Waals surface area contributed by atoms with Crippen molar-refractivity contribution in [2.24, 2.45) is 0 Å². The maximum Gasteiger partial charge on any atom is 0.118 e. The Balaban J connectivity index is 2.09. The van der Waals surface area contributed by atoms with Crippen molar-refractivity contribution < 1.29 is 4.74 Å². The largest absolute Gasteiger partial charge is 0.497 e. The van der Waals surface area contributed by atoms with Crippen molar-refractivity contribution in [3.05, 3.63) is 29.8 Å². The average Bonchev–Trinajstić information content (AvgIpc) is 2.65. The number of hydrogen-bond donors (Lipinski definition) is 1. The van der Waals surface area contributed by atoms with Gasteiger partial charge < -0.3 is 10.1 Å². The molecule has 2 unspecified atom stereocenters. The molecule has 0 radical (unpaired) electrons. The molecule has 0 amide bonds. The molecule has 0 bridgehead atoms. The lowest BCUT2D eigenvalue weighted by Crippen LogP contribution is -2.13. The van der Waals surface area contributed by atoms with E-state index in [1.165, 1.54) is 5.56 Å². The zero-order valence-electron chi connectivity index (χ0n) is 8.49. The van der Waals surface area contributed by atoms with Crippen LogP contribution >= 0.6 is 11.8 Å². The third-order valence-electron chi connectivity index (χ3n) is 2.38. The lowest BCUT2D eigenvalue weighted by molar-refractivity contribution is 0.414. The summed E-state index contributed by atoms with van der Waals surface area (Å²) in [6.07, 6.45) is 0. The fourth-order valence-electron chi connectivity index (χ4n) is 1.58. The minimum Gasteiger partial charge on any atom is -0.497 e. The van der Waals surface area contributed by atoms with E-state index in [1.807, 2.05) is 23.9 Å². The van der Waals surface area contributed by atoms with Gasteiger partial charge in [0.2, 0.25) is 0 Å². The first kappa shape index (κ1) is 9.87. The van der Waals surface area contributed by atoms with E-state index < -0.39 is 0 Å². The van der Waals surface area contributed by atoms with Gasteiger partial charge in [-0.2, -0.15) is 0 Å². The van der Waals surface area contributed by atoms with E-state index in [2.05, 4.69) is 24.4 Å². The summed E-state index contributed by atoms with van der Waals surface area (Å²) < 4.78 is 5.13. The third-order valence-corrected chi connectivity index (χ3v) is 3.72. The summed E-state index contributed by atoms with van der Waals surface area (Å²) >= 11 is 1.98. The molecule has 0 aliphatic carbocycles. The minimum atomic E-state index is 0.455. The number of methoxy groups -OCH3 is 1. The molecule has 0 spiro atoms. The van der Waals surface area contributed by atoms with Crippen molar-refractivity contribution in [2.75, 3.05) is 13.7 Å². The highest BCUT2D eigenvalue weighted by molar-refractivity contribution is 8.00. The van der Waals surface area contributed by atoms with Crippen LogP contribution in [0.15, 0.2) is 24.3 Å². The normalized spacial score (nSPS) is 26.4. The summed E-state index contributed by atoms with van der Waals surface area (Å²) in [5, 5.41) is 4.65. The number of hydrogen-bond acceptors (Lipinski definition) is 3. The van der Waals surface area contributed by atoms with Crippen LogP contribution in [0.5, 0.6) is 5.75 Å². The highest BCUT2D eigenvalue weighted by Crippen LogP contribution is 2.34. The Morgan fingerprint density at radius 1 is 1.36 bits per heavy atom. The molecule has 2 atom stereocenters. The molecular weight excluding hydrogens is 194 g/mol. The molecular formula is C11H15NOS. The highest BCUT2D eigenvalue weighted by atomic mass is 32.2. The van der Waals surface area contributed by atoms with Crippen LogP contribution in [0.4, 0.5) is 0 Å². The van der Waals surface area contributed by atoms with E-state index in [0.717, 1.165) is 12.3 Å². The van der Waals surface area contributed by atoms with Gasteiger partial charge in [0.1, 0.15) is 5.75 Å². The molecule has 1 heterocycles. The predicted octanol–water partition coefficient (Wildman–Crippen LogP) is 2.42. The molecule has 1 aliphatic heterocycles. The minimum absolute atomic E-state index is 0.455. The van der Waals surface area contributed by atoms with Crippen molar-refractivity contribution >= 4 is 11.8 Å². The number of thioether (sulfide) groups is 1. The van der Waals surface area contributed by atoms with Gasteiger partial charge in [-0.3, -0.25) is 0 Å². The average molecular weight is 209 g/mol. The van der Waals surface area contributed by atoms with Crippen LogP contribution in [0, 0.1) is 0 Å². The Morgan fingerprint density at radius 3 is 2.57 bits per heavy atom. The zero-order valence-corrected chi connectivity index (χ0v) is 9.30. The van der Waals surface area contributed by atoms with Gasteiger partial charge in [-0.25, -0.2) is 0 Å². The lowest BCUT2D eigenvalue weighted by Gasteiger charge is -2.10. The third kappa shape index (κ3) is 2.04. The Kier molecular flexibility index (Phi) is 2.99. The van der Waals surface area contributed by atoms with Crippen LogP contribution < -0.4 is 10.1 Å². The van der Waals surface area contributed by atoms with Gasteiger partial charge in [-0.15, -0.1) is 11.8 Å². The molecule has 14 heavy (non-hydrogen) atoms. The van der Waals surface area contributed by atoms with Crippen molar-refractivity contribution in [3.63, 3.8) is 0 Å². The van der Waals surface area contributed by atoms with E-state index in [9.17, 15) is 0 Å². The molecule has 1 aromatic rings. The Morgan fingerprint density at radius 2 is 2.07 bits per heavy atom. The van der Waals surface area contributed by atoms with Gasteiger partial charge >= 0.3 is 0 Å². The zero-order chi connectivity index (χ0) is 9.97. The SMILES string of the molecule is COc1ccc(C2NCC(C)S2)cc1. The summed E-state index contributed by atoms with van der Waals surface area (Å²) in [4.78, 5) is 0. The van der Waals surface area contributed by atoms with Crippen molar-refractivity contribution in [1.29, 1.82) is 0 Å². The van der Waals surface area contributed by atoms with Crippen LogP contribution in [-0.4, -0.2) is 18.9 Å². The summed E-state index contributed by atoms with van der Waals surface area (Å²) in [6, 6.07) is 8.28. The lowest BCUT2D eigenvalue weighted by atomic mass is 10.2. The first-order valence-electron chi connectivity index (χ1n) is 4.82. The van der Waals surface area contributed by atoms with Crippen molar-refractivity contribution in [1.82, 2.24) is 5.32 Å². The van der Waals surface area contributed by atoms with Gasteiger partial charge in [0, 0.05) is 11.8 Å². The molecule has 1 N–H and O–H groups in total. The van der Waals surface area contributed by atoms with Crippen LogP contribution in [0.25, 0.3) is 0 Å². The fourth-order valence-corrected chi connectivity index (χ4v) is 2.74. The van der Waals surface area contributed by atoms with Crippen molar-refractivity contribution in [3.8, 4) is 5.75 Å². The number of rotatable bonds is 2. The Hall–Kier alpha value is -0.670. The van der Waals surface area contributed by atoms with E-state index in [0.29, 0.717) is 10.6 Å². The van der Waals surface area contributed by atoms with Gasteiger partial charge in [-0.1, -0.05) is 19.1 Å². The van der Waals surface area contributed by atoms with E-state index in [-0.39, 0.29) is 0 Å². The molecule has 2 rings (SSSR count). The second-order valence-corrected chi connectivity index (χ2v) is 5.06. The van der Waals surface area contributed by atoms with Crippen molar-refractivity contribution in [2.45, 2.75) is 17.5 Å². The molecule has 0 saturated carbocycles. The van der Waals surface area contributed by atoms with Crippen LogP contribution in [0.1, 0.15) is 17.9 Å². The van der Waals surface area contributed by atoms with Gasteiger partial charge in [-0.05, 0) is 17.7 Å². The summed E-state index contributed by atoms with van der Waals surface area (Å²) in [6.45, 7) is 3.35. The molecule has 1 aromatic carbocycles. The molecule has 3 heteroatoms. The van der Waals surface area contributed by atoms with E-state index >= 15 is 0 Å². The molecule has 0 aromatic heterocycles. The summed E-state index contributed by atoms with van der Waals surface area (Å²) in [7, 11) is 1.69. The fraction of sp³-hybridized carbons (Fsp3) is 0.455. The summed E-state index contributed by atoms with van der Waals surface area (Å²) in [5.74, 6) is 0.921. The highest BCUT2D eigenvalue weighted by Gasteiger charge is 2.22. The number of nitrogens with one attached hydrogen (secondary N) is 1. The first-order chi connectivity index (χ1) is 6.79. The van der Waals surface area contributed by atoms with Gasteiger partial charge in [0.25, 0.3) is 0 Å². The molecule has 1 fully saturated rings. The summed E-state index contributed by atoms with van der Waals surface area (Å²) in [5.41, 5.74) is 1.33. The Labute approximate surface area is 89.0 Å². The molecule has 2 nitrogen and oxygen atoms in total. The van der Waals surface area contributed by atoms with Gasteiger partial charge in [0.15, 0.2) is 0 Å². The quantitative estimate of drug-likeness (QED) is 0.808. The molecule has 76 valence electrons. The molecule has 1 aliphatic rings. The monoisotopic (exact) mass is 209 g/mol. The predicted molar refractivity (Wildman–Crippen MR) is 60.8 cm³/mol. The second-order valence-electron chi connectivity index (χ2n) is 3.51. The van der Waals surface area contributed by atoms with E-state index in [4.69, 9.17) is 4.74 Å². The van der Waals surface area contributed by atoms with Crippen LogP contribution in [0.2, 0.25) is 0 Å². The Bertz CT molecular complexity index is 299. The maximum atomic E-state index is 5.13. The smallest absolute Gasteiger partial charge is 0.118 e. The first-order valence-corrected chi connectivity index (χ1v) is 5.76. The van der Waals surface area contributed by atoms with Crippen LogP contribution in [-0.2, 0) is 0 Å². The number of benzene rings is 1. The number of ether oxygens (including phenoxy) is 1. The molecule has 1 saturated heterocycles.